The van der Waals surface area contributed by atoms with Crippen LogP contribution in [0.1, 0.15) is 36.2 Å². The maximum absolute atomic E-state index is 4.51. The van der Waals surface area contributed by atoms with E-state index in [0.717, 1.165) is 25.1 Å². The number of nitrogens with one attached hydrogen (secondary N) is 1. The molecule has 0 amide bonds. The molecule has 0 aliphatic carbocycles. The smallest absolute Gasteiger partial charge is 0.0701 e. The topological polar surface area (TPSA) is 24.9 Å². The van der Waals surface area contributed by atoms with E-state index in [1.54, 1.807) is 11.3 Å². The van der Waals surface area contributed by atoms with E-state index in [4.69, 9.17) is 0 Å². The average molecular weight is 339 g/mol. The lowest BCUT2D eigenvalue weighted by Crippen LogP contribution is -2.24. The summed E-state index contributed by atoms with van der Waals surface area (Å²) in [6.07, 6.45) is 4.02. The van der Waals surface area contributed by atoms with Gasteiger partial charge in [0, 0.05) is 24.4 Å². The van der Waals surface area contributed by atoms with Gasteiger partial charge in [-0.3, -0.25) is 4.98 Å². The van der Waals surface area contributed by atoms with E-state index >= 15 is 0 Å². The van der Waals surface area contributed by atoms with Crippen molar-refractivity contribution in [1.29, 1.82) is 0 Å². The lowest BCUT2D eigenvalue weighted by atomic mass is 10.0. The van der Waals surface area contributed by atoms with Crippen molar-refractivity contribution in [3.05, 3.63) is 50.4 Å². The van der Waals surface area contributed by atoms with Crippen LogP contribution in [0.15, 0.2) is 33.6 Å². The molecule has 1 atom stereocenters. The van der Waals surface area contributed by atoms with E-state index in [1.165, 1.54) is 14.9 Å². The van der Waals surface area contributed by atoms with Crippen molar-refractivity contribution in [2.24, 2.45) is 0 Å². The molecule has 0 spiro atoms. The Balaban J connectivity index is 2.11. The number of nitrogens with zero attached hydrogens (tertiary/aromatic N) is 1. The predicted octanol–water partition coefficient (Wildman–Crippen LogP) is 4.50. The summed E-state index contributed by atoms with van der Waals surface area (Å²) >= 11 is 5.27. The normalized spacial score (nSPS) is 12.6. The number of pyridine rings is 1. The molecule has 1 N–H and O–H groups in total. The second-order valence-corrected chi connectivity index (χ2v) is 7.01. The van der Waals surface area contributed by atoms with Gasteiger partial charge in [-0.2, -0.15) is 0 Å². The minimum Gasteiger partial charge on any atom is -0.310 e. The summed E-state index contributed by atoms with van der Waals surface area (Å²) in [5, 5.41) is 5.82. The van der Waals surface area contributed by atoms with Crippen LogP contribution in [0.5, 0.6) is 0 Å². The van der Waals surface area contributed by atoms with Crippen LogP contribution < -0.4 is 5.32 Å². The van der Waals surface area contributed by atoms with Gasteiger partial charge in [-0.05, 0) is 64.5 Å². The fourth-order valence-electron chi connectivity index (χ4n) is 1.96. The van der Waals surface area contributed by atoms with Crippen molar-refractivity contribution < 1.29 is 0 Å². The number of aromatic nitrogens is 1. The van der Waals surface area contributed by atoms with Gasteiger partial charge in [0.05, 0.1) is 3.79 Å². The van der Waals surface area contributed by atoms with Crippen LogP contribution >= 0.6 is 27.3 Å². The lowest BCUT2D eigenvalue weighted by Gasteiger charge is -2.17. The monoisotopic (exact) mass is 338 g/mol. The summed E-state index contributed by atoms with van der Waals surface area (Å²) < 4.78 is 1.18. The first-order valence-electron chi connectivity index (χ1n) is 6.58. The Hall–Kier alpha value is -0.710. The third kappa shape index (κ3) is 4.41. The van der Waals surface area contributed by atoms with Crippen LogP contribution in [0.2, 0.25) is 0 Å². The maximum atomic E-state index is 4.51. The van der Waals surface area contributed by atoms with E-state index in [1.807, 2.05) is 6.20 Å². The van der Waals surface area contributed by atoms with Crippen molar-refractivity contribution in [2.45, 2.75) is 32.7 Å². The standard InChI is InChI=1S/C15H19BrN2S/c1-3-6-17-14(12-7-15(16)19-10-12)8-13-5-4-11(2)9-18-13/h4-5,7,9-10,14,17H,3,6,8H2,1-2H3. The van der Waals surface area contributed by atoms with Crippen LogP contribution in [-0.2, 0) is 6.42 Å². The van der Waals surface area contributed by atoms with Crippen molar-refractivity contribution in [2.75, 3.05) is 6.54 Å². The highest BCUT2D eigenvalue weighted by atomic mass is 79.9. The third-order valence-electron chi connectivity index (χ3n) is 3.02. The zero-order chi connectivity index (χ0) is 13.7. The number of thiophene rings is 1. The zero-order valence-corrected chi connectivity index (χ0v) is 13.7. The van der Waals surface area contributed by atoms with Crippen LogP contribution in [0.4, 0.5) is 0 Å². The third-order valence-corrected chi connectivity index (χ3v) is 4.54. The number of rotatable bonds is 6. The van der Waals surface area contributed by atoms with Crippen LogP contribution in [-0.4, -0.2) is 11.5 Å². The fourth-order valence-corrected chi connectivity index (χ4v) is 3.19. The van der Waals surface area contributed by atoms with E-state index in [9.17, 15) is 0 Å². The van der Waals surface area contributed by atoms with Crippen molar-refractivity contribution in [3.8, 4) is 0 Å². The highest BCUT2D eigenvalue weighted by Crippen LogP contribution is 2.27. The van der Waals surface area contributed by atoms with Crippen LogP contribution in [0.3, 0.4) is 0 Å². The molecule has 4 heteroatoms. The van der Waals surface area contributed by atoms with Gasteiger partial charge in [-0.25, -0.2) is 0 Å². The molecule has 0 radical (unpaired) electrons. The Morgan fingerprint density at radius 1 is 1.42 bits per heavy atom. The molecule has 1 unspecified atom stereocenters. The quantitative estimate of drug-likeness (QED) is 0.838. The zero-order valence-electron chi connectivity index (χ0n) is 11.3. The first-order chi connectivity index (χ1) is 9.19. The molecular weight excluding hydrogens is 320 g/mol. The van der Waals surface area contributed by atoms with Crippen molar-refractivity contribution in [1.82, 2.24) is 10.3 Å². The van der Waals surface area contributed by atoms with Gasteiger partial charge < -0.3 is 5.32 Å². The molecule has 0 saturated carbocycles. The summed E-state index contributed by atoms with van der Waals surface area (Å²) in [5.74, 6) is 0. The van der Waals surface area contributed by atoms with Crippen molar-refractivity contribution >= 4 is 27.3 Å². The molecule has 2 aromatic rings. The predicted molar refractivity (Wildman–Crippen MR) is 85.7 cm³/mol. The Morgan fingerprint density at radius 3 is 2.84 bits per heavy atom. The summed E-state index contributed by atoms with van der Waals surface area (Å²) in [5.41, 5.74) is 3.69. The Morgan fingerprint density at radius 2 is 2.26 bits per heavy atom. The number of aryl methyl sites for hydroxylation is 1. The first-order valence-corrected chi connectivity index (χ1v) is 8.25. The molecule has 102 valence electrons. The molecule has 0 bridgehead atoms. The Labute approximate surface area is 127 Å². The van der Waals surface area contributed by atoms with Gasteiger partial charge in [0.25, 0.3) is 0 Å². The van der Waals surface area contributed by atoms with Gasteiger partial charge in [0.15, 0.2) is 0 Å². The number of halogens is 1. The fraction of sp³-hybridized carbons (Fsp3) is 0.400. The summed E-state index contributed by atoms with van der Waals surface area (Å²) in [7, 11) is 0. The maximum Gasteiger partial charge on any atom is 0.0701 e. The molecule has 2 rings (SSSR count). The average Bonchev–Trinajstić information content (AvgIpc) is 2.83. The lowest BCUT2D eigenvalue weighted by molar-refractivity contribution is 0.525. The van der Waals surface area contributed by atoms with Gasteiger partial charge >= 0.3 is 0 Å². The van der Waals surface area contributed by atoms with E-state index in [-0.39, 0.29) is 0 Å². The Bertz CT molecular complexity index is 507. The highest BCUT2D eigenvalue weighted by Gasteiger charge is 2.13. The van der Waals surface area contributed by atoms with E-state index in [0.29, 0.717) is 6.04 Å². The van der Waals surface area contributed by atoms with E-state index < -0.39 is 0 Å². The molecule has 0 aliphatic rings. The summed E-state index contributed by atoms with van der Waals surface area (Å²) in [4.78, 5) is 4.51. The van der Waals surface area contributed by atoms with Gasteiger partial charge in [0.2, 0.25) is 0 Å². The molecule has 0 fully saturated rings. The molecule has 0 aromatic carbocycles. The largest absolute Gasteiger partial charge is 0.310 e. The molecule has 0 saturated heterocycles. The minimum atomic E-state index is 0.345. The first kappa shape index (κ1) is 14.7. The van der Waals surface area contributed by atoms with Crippen LogP contribution in [0, 0.1) is 6.92 Å². The summed E-state index contributed by atoms with van der Waals surface area (Å²) in [6.45, 7) is 5.29. The highest BCUT2D eigenvalue weighted by molar-refractivity contribution is 9.11. The molecule has 2 aromatic heterocycles. The van der Waals surface area contributed by atoms with Gasteiger partial charge in [0.1, 0.15) is 0 Å². The summed E-state index contributed by atoms with van der Waals surface area (Å²) in [6, 6.07) is 6.80. The van der Waals surface area contributed by atoms with Crippen molar-refractivity contribution in [3.63, 3.8) is 0 Å². The minimum absolute atomic E-state index is 0.345. The number of hydrogen-bond donors (Lipinski definition) is 1. The van der Waals surface area contributed by atoms with Gasteiger partial charge in [-0.15, -0.1) is 11.3 Å². The van der Waals surface area contributed by atoms with Gasteiger partial charge in [-0.1, -0.05) is 13.0 Å². The molecule has 2 heterocycles. The molecule has 0 aliphatic heterocycles. The molecule has 2 nitrogen and oxygen atoms in total. The molecule has 19 heavy (non-hydrogen) atoms. The number of hydrogen-bond acceptors (Lipinski definition) is 3. The Kier molecular flexibility index (Phi) is 5.55. The molecular formula is C15H19BrN2S. The second-order valence-electron chi connectivity index (χ2n) is 4.72. The SMILES string of the molecule is CCCNC(Cc1ccc(C)cn1)c1csc(Br)c1. The second kappa shape index (κ2) is 7.17. The van der Waals surface area contributed by atoms with E-state index in [2.05, 4.69) is 63.7 Å². The van der Waals surface area contributed by atoms with Crippen LogP contribution in [0.25, 0.3) is 0 Å².